The molecule has 0 aliphatic rings. The third-order valence-corrected chi connectivity index (χ3v) is 4.63. The summed E-state index contributed by atoms with van der Waals surface area (Å²) in [7, 11) is 6.36. The quantitative estimate of drug-likeness (QED) is 0.578. The van der Waals surface area contributed by atoms with Crippen molar-refractivity contribution in [1.82, 2.24) is 4.98 Å². The van der Waals surface area contributed by atoms with E-state index in [-0.39, 0.29) is 5.78 Å². The molecule has 0 fully saturated rings. The zero-order valence-electron chi connectivity index (χ0n) is 17.2. The normalized spacial score (nSPS) is 10.5. The summed E-state index contributed by atoms with van der Waals surface area (Å²) in [4.78, 5) is 17.6. The molecule has 1 N–H and O–H groups in total. The van der Waals surface area contributed by atoms with Crippen LogP contribution in [-0.4, -0.2) is 45.8 Å². The van der Waals surface area contributed by atoms with Crippen molar-refractivity contribution >= 4 is 22.2 Å². The number of nitrogens with one attached hydrogen (secondary N) is 1. The SMILES string of the molecule is CCOc1ccc2c(C(=O)c3cc(OC)c(OC)c(OC)c3)cncc2c1NC. The molecule has 2 aromatic carbocycles. The molecule has 7 heteroatoms. The van der Waals surface area contributed by atoms with Crippen LogP contribution in [0.4, 0.5) is 5.69 Å². The monoisotopic (exact) mass is 396 g/mol. The van der Waals surface area contributed by atoms with Crippen LogP contribution in [0.25, 0.3) is 10.8 Å². The van der Waals surface area contributed by atoms with Crippen molar-refractivity contribution in [2.75, 3.05) is 40.3 Å². The van der Waals surface area contributed by atoms with Crippen LogP contribution >= 0.6 is 0 Å². The molecule has 0 aliphatic carbocycles. The molecular formula is C22H24N2O5. The van der Waals surface area contributed by atoms with Crippen LogP contribution in [-0.2, 0) is 0 Å². The lowest BCUT2D eigenvalue weighted by Gasteiger charge is -2.15. The number of aromatic nitrogens is 1. The third kappa shape index (κ3) is 3.63. The molecule has 152 valence electrons. The first kappa shape index (κ1) is 20.3. The number of hydrogen-bond donors (Lipinski definition) is 1. The van der Waals surface area contributed by atoms with Crippen molar-refractivity contribution in [2.45, 2.75) is 6.92 Å². The molecule has 3 aromatic rings. The Morgan fingerprint density at radius 2 is 1.66 bits per heavy atom. The third-order valence-electron chi connectivity index (χ3n) is 4.63. The topological polar surface area (TPSA) is 78.9 Å². The van der Waals surface area contributed by atoms with Gasteiger partial charge in [-0.2, -0.15) is 0 Å². The molecule has 3 rings (SSSR count). The summed E-state index contributed by atoms with van der Waals surface area (Å²) in [5, 5.41) is 4.72. The molecule has 0 saturated carbocycles. The number of rotatable bonds is 8. The van der Waals surface area contributed by atoms with Crippen molar-refractivity contribution in [3.8, 4) is 23.0 Å². The van der Waals surface area contributed by atoms with Gasteiger partial charge in [0.2, 0.25) is 5.75 Å². The molecular weight excluding hydrogens is 372 g/mol. The molecule has 0 spiro atoms. The zero-order chi connectivity index (χ0) is 21.0. The predicted molar refractivity (Wildman–Crippen MR) is 112 cm³/mol. The number of nitrogens with zero attached hydrogens (tertiary/aromatic N) is 1. The number of methoxy groups -OCH3 is 3. The summed E-state index contributed by atoms with van der Waals surface area (Å²) >= 11 is 0. The molecule has 29 heavy (non-hydrogen) atoms. The summed E-state index contributed by atoms with van der Waals surface area (Å²) < 4.78 is 21.8. The Hall–Kier alpha value is -3.48. The van der Waals surface area contributed by atoms with E-state index in [2.05, 4.69) is 10.3 Å². The molecule has 0 amide bonds. The van der Waals surface area contributed by atoms with Crippen molar-refractivity contribution < 1.29 is 23.7 Å². The minimum absolute atomic E-state index is 0.200. The second-order valence-electron chi connectivity index (χ2n) is 6.15. The molecule has 0 bridgehead atoms. The van der Waals surface area contributed by atoms with Gasteiger partial charge in [-0.05, 0) is 36.6 Å². The van der Waals surface area contributed by atoms with E-state index < -0.39 is 0 Å². The Morgan fingerprint density at radius 1 is 0.966 bits per heavy atom. The minimum Gasteiger partial charge on any atom is -0.493 e. The highest BCUT2D eigenvalue weighted by Crippen LogP contribution is 2.40. The van der Waals surface area contributed by atoms with Crippen molar-refractivity contribution in [3.63, 3.8) is 0 Å². The van der Waals surface area contributed by atoms with Crippen LogP contribution in [0.5, 0.6) is 23.0 Å². The lowest BCUT2D eigenvalue weighted by Crippen LogP contribution is -2.06. The number of anilines is 1. The number of benzene rings is 2. The maximum atomic E-state index is 13.4. The van der Waals surface area contributed by atoms with Gasteiger partial charge in [0.25, 0.3) is 0 Å². The minimum atomic E-state index is -0.200. The van der Waals surface area contributed by atoms with Gasteiger partial charge in [0.1, 0.15) is 5.75 Å². The summed E-state index contributed by atoms with van der Waals surface area (Å²) in [6.45, 7) is 2.46. The lowest BCUT2D eigenvalue weighted by atomic mass is 9.98. The van der Waals surface area contributed by atoms with Crippen LogP contribution < -0.4 is 24.3 Å². The summed E-state index contributed by atoms with van der Waals surface area (Å²) in [6.07, 6.45) is 3.28. The van der Waals surface area contributed by atoms with Crippen LogP contribution in [0.2, 0.25) is 0 Å². The van der Waals surface area contributed by atoms with Gasteiger partial charge in [-0.25, -0.2) is 0 Å². The molecule has 0 atom stereocenters. The highest BCUT2D eigenvalue weighted by atomic mass is 16.5. The second-order valence-corrected chi connectivity index (χ2v) is 6.15. The molecule has 0 saturated heterocycles. The van der Waals surface area contributed by atoms with E-state index in [0.717, 1.165) is 16.5 Å². The molecule has 0 radical (unpaired) electrons. The maximum absolute atomic E-state index is 13.4. The number of ether oxygens (including phenoxy) is 4. The largest absolute Gasteiger partial charge is 0.493 e. The fourth-order valence-electron chi connectivity index (χ4n) is 3.31. The highest BCUT2D eigenvalue weighted by molar-refractivity contribution is 6.18. The van der Waals surface area contributed by atoms with E-state index in [9.17, 15) is 4.79 Å². The number of carbonyl (C=O) groups is 1. The number of hydrogen-bond acceptors (Lipinski definition) is 7. The van der Waals surface area contributed by atoms with Crippen molar-refractivity contribution in [1.29, 1.82) is 0 Å². The Labute approximate surface area is 169 Å². The summed E-state index contributed by atoms with van der Waals surface area (Å²) in [5.74, 6) is 1.77. The smallest absolute Gasteiger partial charge is 0.203 e. The van der Waals surface area contributed by atoms with Crippen LogP contribution in [0.1, 0.15) is 22.8 Å². The fourth-order valence-corrected chi connectivity index (χ4v) is 3.31. The zero-order valence-corrected chi connectivity index (χ0v) is 17.2. The number of carbonyl (C=O) groups excluding carboxylic acids is 1. The van der Waals surface area contributed by atoms with E-state index in [0.29, 0.717) is 40.7 Å². The Balaban J connectivity index is 2.17. The van der Waals surface area contributed by atoms with Crippen LogP contribution in [0, 0.1) is 0 Å². The Kier molecular flexibility index (Phi) is 6.07. The molecule has 7 nitrogen and oxygen atoms in total. The number of fused-ring (bicyclic) bond motifs is 1. The van der Waals surface area contributed by atoms with Crippen molar-refractivity contribution in [3.05, 3.63) is 47.8 Å². The summed E-state index contributed by atoms with van der Waals surface area (Å²) in [6, 6.07) is 6.99. The first-order chi connectivity index (χ1) is 14.1. The van der Waals surface area contributed by atoms with Crippen LogP contribution in [0.15, 0.2) is 36.7 Å². The van der Waals surface area contributed by atoms with Gasteiger partial charge >= 0.3 is 0 Å². The molecule has 0 aliphatic heterocycles. The Bertz CT molecular complexity index is 1020. The lowest BCUT2D eigenvalue weighted by molar-refractivity contribution is 0.103. The van der Waals surface area contributed by atoms with E-state index >= 15 is 0 Å². The predicted octanol–water partition coefficient (Wildman–Crippen LogP) is 3.93. The highest BCUT2D eigenvalue weighted by Gasteiger charge is 2.21. The fraction of sp³-hybridized carbons (Fsp3) is 0.273. The van der Waals surface area contributed by atoms with E-state index in [1.54, 1.807) is 24.5 Å². The van der Waals surface area contributed by atoms with E-state index in [4.69, 9.17) is 18.9 Å². The van der Waals surface area contributed by atoms with E-state index in [1.807, 2.05) is 26.1 Å². The van der Waals surface area contributed by atoms with Gasteiger partial charge in [-0.1, -0.05) is 0 Å². The summed E-state index contributed by atoms with van der Waals surface area (Å²) in [5.41, 5.74) is 1.67. The average molecular weight is 396 g/mol. The standard InChI is InChI=1S/C22H24N2O5/c1-6-29-17-8-7-14-15(20(17)23-2)11-24-12-16(14)21(25)13-9-18(26-3)22(28-5)19(10-13)27-4/h7-12,23H,6H2,1-5H3. The van der Waals surface area contributed by atoms with Gasteiger partial charge in [0.05, 0.1) is 33.6 Å². The van der Waals surface area contributed by atoms with Gasteiger partial charge < -0.3 is 24.3 Å². The maximum Gasteiger partial charge on any atom is 0.203 e. The molecule has 0 unspecified atom stereocenters. The van der Waals surface area contributed by atoms with Gasteiger partial charge in [0, 0.05) is 36.0 Å². The van der Waals surface area contributed by atoms with Gasteiger partial charge in [-0.3, -0.25) is 9.78 Å². The van der Waals surface area contributed by atoms with Gasteiger partial charge in [-0.15, -0.1) is 0 Å². The first-order valence-corrected chi connectivity index (χ1v) is 9.15. The van der Waals surface area contributed by atoms with Gasteiger partial charge in [0.15, 0.2) is 17.3 Å². The average Bonchev–Trinajstić information content (AvgIpc) is 2.76. The number of ketones is 1. The van der Waals surface area contributed by atoms with E-state index in [1.165, 1.54) is 21.3 Å². The molecule has 1 heterocycles. The first-order valence-electron chi connectivity index (χ1n) is 9.15. The molecule has 1 aromatic heterocycles. The number of pyridine rings is 1. The second kappa shape index (κ2) is 8.68. The van der Waals surface area contributed by atoms with Crippen molar-refractivity contribution in [2.24, 2.45) is 0 Å². The Morgan fingerprint density at radius 3 is 2.21 bits per heavy atom. The van der Waals surface area contributed by atoms with Crippen LogP contribution in [0.3, 0.4) is 0 Å².